The fraction of sp³-hybridized carbons (Fsp3) is 0.312. The van der Waals surface area contributed by atoms with Gasteiger partial charge in [-0.05, 0) is 25.5 Å². The summed E-state index contributed by atoms with van der Waals surface area (Å²) in [6.45, 7) is 3.38. The van der Waals surface area contributed by atoms with E-state index in [9.17, 15) is 14.7 Å². The second kappa shape index (κ2) is 5.91. The number of methoxy groups -OCH3 is 1. The number of carbonyl (C=O) groups is 2. The largest absolute Gasteiger partial charge is 0.507 e. The number of hydrogen-bond donors (Lipinski definition) is 1. The van der Waals surface area contributed by atoms with Gasteiger partial charge in [0.1, 0.15) is 11.4 Å². The number of ketones is 1. The topological polar surface area (TPSA) is 76.5 Å². The van der Waals surface area contributed by atoms with E-state index < -0.39 is 5.97 Å². The smallest absolute Gasteiger partial charge is 0.356 e. The highest BCUT2D eigenvalue weighted by atomic mass is 16.5. The number of aromatic nitrogens is 1. The molecule has 0 fully saturated rings. The van der Waals surface area contributed by atoms with Crippen molar-refractivity contribution < 1.29 is 19.4 Å². The second-order valence-electron chi connectivity index (χ2n) is 4.82. The highest BCUT2D eigenvalue weighted by Gasteiger charge is 2.17. The molecule has 5 nitrogen and oxygen atoms in total. The van der Waals surface area contributed by atoms with Crippen molar-refractivity contribution in [2.75, 3.05) is 7.11 Å². The molecule has 0 amide bonds. The molecule has 0 aliphatic rings. The van der Waals surface area contributed by atoms with Crippen molar-refractivity contribution in [1.29, 1.82) is 0 Å². The summed E-state index contributed by atoms with van der Waals surface area (Å²) in [6.07, 6.45) is 1.36. The van der Waals surface area contributed by atoms with Gasteiger partial charge in [0.15, 0.2) is 5.78 Å². The van der Waals surface area contributed by atoms with Crippen LogP contribution in [-0.4, -0.2) is 29.0 Å². The number of phenolic OH excluding ortho intramolecular Hbond substituents is 1. The van der Waals surface area contributed by atoms with Gasteiger partial charge in [0.05, 0.1) is 18.2 Å². The van der Waals surface area contributed by atoms with Crippen LogP contribution in [0.15, 0.2) is 18.2 Å². The average molecular weight is 287 g/mol. The number of ether oxygens (including phenoxy) is 1. The molecule has 0 radical (unpaired) electrons. The van der Waals surface area contributed by atoms with Gasteiger partial charge in [-0.25, -0.2) is 9.78 Å². The van der Waals surface area contributed by atoms with Gasteiger partial charge < -0.3 is 9.84 Å². The lowest BCUT2D eigenvalue weighted by Crippen LogP contribution is -2.06. The van der Waals surface area contributed by atoms with Crippen molar-refractivity contribution in [2.24, 2.45) is 0 Å². The molecule has 2 aromatic rings. The maximum absolute atomic E-state index is 11.6. The molecule has 0 aliphatic carbocycles. The van der Waals surface area contributed by atoms with Crippen LogP contribution in [0.1, 0.15) is 46.7 Å². The molecule has 0 saturated carbocycles. The molecule has 1 heterocycles. The van der Waals surface area contributed by atoms with Crippen LogP contribution < -0.4 is 0 Å². The van der Waals surface area contributed by atoms with E-state index in [0.717, 1.165) is 6.42 Å². The number of Topliss-reactive ketones (excluding diaryl/α,β-unsaturated/α-hetero) is 1. The van der Waals surface area contributed by atoms with Gasteiger partial charge in [0, 0.05) is 10.9 Å². The first-order chi connectivity index (χ1) is 9.99. The van der Waals surface area contributed by atoms with Gasteiger partial charge in [0.25, 0.3) is 0 Å². The first kappa shape index (κ1) is 15.0. The Bertz CT molecular complexity index is 722. The first-order valence-electron chi connectivity index (χ1n) is 6.74. The molecule has 2 rings (SSSR count). The van der Waals surface area contributed by atoms with E-state index in [2.05, 4.69) is 9.72 Å². The third kappa shape index (κ3) is 2.72. The van der Waals surface area contributed by atoms with Crippen LogP contribution >= 0.6 is 0 Å². The normalized spacial score (nSPS) is 10.6. The molecule has 0 saturated heterocycles. The van der Waals surface area contributed by atoms with E-state index in [1.165, 1.54) is 14.0 Å². The molecule has 110 valence electrons. The molecular weight excluding hydrogens is 270 g/mol. The standard InChI is InChI=1S/C16H17NO4/c1-4-5-11-14-10(8-12(9(2)18)15(11)19)6-7-13(17-14)16(20)21-3/h6-8,19H,4-5H2,1-3H3. The molecule has 1 N–H and O–H groups in total. The summed E-state index contributed by atoms with van der Waals surface area (Å²) in [5.41, 5.74) is 1.57. The SMILES string of the molecule is CCCc1c(O)c(C(C)=O)cc2ccc(C(=O)OC)nc12. The minimum Gasteiger partial charge on any atom is -0.507 e. The fourth-order valence-corrected chi connectivity index (χ4v) is 2.30. The van der Waals surface area contributed by atoms with Crippen LogP contribution in [0, 0.1) is 0 Å². The lowest BCUT2D eigenvalue weighted by Gasteiger charge is -2.12. The Morgan fingerprint density at radius 2 is 2.05 bits per heavy atom. The number of rotatable bonds is 4. The van der Waals surface area contributed by atoms with Crippen molar-refractivity contribution >= 4 is 22.7 Å². The summed E-state index contributed by atoms with van der Waals surface area (Å²) in [5, 5.41) is 11.0. The van der Waals surface area contributed by atoms with Gasteiger partial charge in [0.2, 0.25) is 0 Å². The predicted octanol–water partition coefficient (Wildman–Crippen LogP) is 2.88. The number of nitrogens with zero attached hydrogens (tertiary/aromatic N) is 1. The van der Waals surface area contributed by atoms with Crippen LogP contribution in [-0.2, 0) is 11.2 Å². The molecule has 0 atom stereocenters. The van der Waals surface area contributed by atoms with E-state index in [0.29, 0.717) is 22.9 Å². The summed E-state index contributed by atoms with van der Waals surface area (Å²) in [5.74, 6) is -0.787. The number of benzene rings is 1. The highest BCUT2D eigenvalue weighted by Crippen LogP contribution is 2.32. The molecule has 0 bridgehead atoms. The van der Waals surface area contributed by atoms with E-state index in [-0.39, 0.29) is 22.8 Å². The summed E-state index contributed by atoms with van der Waals surface area (Å²) in [7, 11) is 1.29. The number of hydrogen-bond acceptors (Lipinski definition) is 5. The van der Waals surface area contributed by atoms with Gasteiger partial charge >= 0.3 is 5.97 Å². The van der Waals surface area contributed by atoms with Crippen LogP contribution in [0.25, 0.3) is 10.9 Å². The van der Waals surface area contributed by atoms with E-state index in [4.69, 9.17) is 0 Å². The van der Waals surface area contributed by atoms with E-state index >= 15 is 0 Å². The number of phenols is 1. The fourth-order valence-electron chi connectivity index (χ4n) is 2.30. The number of carbonyl (C=O) groups excluding carboxylic acids is 2. The summed E-state index contributed by atoms with van der Waals surface area (Å²) in [4.78, 5) is 27.5. The molecule has 0 spiro atoms. The summed E-state index contributed by atoms with van der Waals surface area (Å²) in [6, 6.07) is 4.85. The molecule has 5 heteroatoms. The zero-order chi connectivity index (χ0) is 15.6. The maximum Gasteiger partial charge on any atom is 0.356 e. The Labute approximate surface area is 122 Å². The van der Waals surface area contributed by atoms with Gasteiger partial charge in [-0.2, -0.15) is 0 Å². The average Bonchev–Trinajstić information content (AvgIpc) is 2.48. The van der Waals surface area contributed by atoms with Crippen LogP contribution in [0.4, 0.5) is 0 Å². The van der Waals surface area contributed by atoms with Crippen LogP contribution in [0.5, 0.6) is 5.75 Å². The van der Waals surface area contributed by atoms with Gasteiger partial charge in [-0.1, -0.05) is 19.4 Å². The van der Waals surface area contributed by atoms with Crippen LogP contribution in [0.2, 0.25) is 0 Å². The Balaban J connectivity index is 2.77. The molecule has 1 aromatic carbocycles. The second-order valence-corrected chi connectivity index (χ2v) is 4.82. The lowest BCUT2D eigenvalue weighted by molar-refractivity contribution is 0.0594. The Morgan fingerprint density at radius 1 is 1.33 bits per heavy atom. The zero-order valence-corrected chi connectivity index (χ0v) is 12.3. The highest BCUT2D eigenvalue weighted by molar-refractivity contribution is 6.02. The van der Waals surface area contributed by atoms with Crippen molar-refractivity contribution in [3.63, 3.8) is 0 Å². The lowest BCUT2D eigenvalue weighted by atomic mass is 9.98. The van der Waals surface area contributed by atoms with E-state index in [1.807, 2.05) is 6.92 Å². The van der Waals surface area contributed by atoms with Crippen molar-refractivity contribution in [1.82, 2.24) is 4.98 Å². The molecule has 0 aliphatic heterocycles. The minimum absolute atomic E-state index is 0.0497. The number of esters is 1. The quantitative estimate of drug-likeness (QED) is 0.691. The van der Waals surface area contributed by atoms with E-state index in [1.54, 1.807) is 18.2 Å². The van der Waals surface area contributed by atoms with Gasteiger partial charge in [-0.3, -0.25) is 4.79 Å². The molecule has 1 aromatic heterocycles. The number of aryl methyl sites for hydroxylation is 1. The number of pyridine rings is 1. The molecule has 0 unspecified atom stereocenters. The third-order valence-corrected chi connectivity index (χ3v) is 3.33. The first-order valence-corrected chi connectivity index (χ1v) is 6.74. The van der Waals surface area contributed by atoms with Gasteiger partial charge in [-0.15, -0.1) is 0 Å². The predicted molar refractivity (Wildman–Crippen MR) is 78.7 cm³/mol. The number of aromatic hydroxyl groups is 1. The molecular formula is C16H17NO4. The van der Waals surface area contributed by atoms with Crippen LogP contribution in [0.3, 0.4) is 0 Å². The Hall–Kier alpha value is -2.43. The maximum atomic E-state index is 11.6. The summed E-state index contributed by atoms with van der Waals surface area (Å²) >= 11 is 0. The van der Waals surface area contributed by atoms with Crippen molar-refractivity contribution in [3.8, 4) is 5.75 Å². The molecule has 21 heavy (non-hydrogen) atoms. The third-order valence-electron chi connectivity index (χ3n) is 3.33. The van der Waals surface area contributed by atoms with Crippen molar-refractivity contribution in [3.05, 3.63) is 35.0 Å². The summed E-state index contributed by atoms with van der Waals surface area (Å²) < 4.78 is 4.66. The Kier molecular flexibility index (Phi) is 4.21. The monoisotopic (exact) mass is 287 g/mol. The number of fused-ring (bicyclic) bond motifs is 1. The zero-order valence-electron chi connectivity index (χ0n) is 12.3. The van der Waals surface area contributed by atoms with Crippen molar-refractivity contribution in [2.45, 2.75) is 26.7 Å². The minimum atomic E-state index is -0.533. The Morgan fingerprint density at radius 3 is 2.62 bits per heavy atom.